The van der Waals surface area contributed by atoms with Crippen molar-refractivity contribution in [1.29, 1.82) is 0 Å². The molecular weight excluding hydrogens is 441 g/mol. The number of ether oxygens (including phenoxy) is 1. The molecule has 0 aliphatic carbocycles. The van der Waals surface area contributed by atoms with E-state index in [4.69, 9.17) is 4.74 Å². The second-order valence-corrected chi connectivity index (χ2v) is 10.4. The third-order valence-electron chi connectivity index (χ3n) is 4.53. The van der Waals surface area contributed by atoms with Gasteiger partial charge in [-0.15, -0.1) is 11.3 Å². The maximum Gasteiger partial charge on any atom is 0.416 e. The summed E-state index contributed by atoms with van der Waals surface area (Å²) in [5, 5.41) is 9.91. The lowest BCUT2D eigenvalue weighted by molar-refractivity contribution is -0.137. The molecule has 0 saturated carbocycles. The van der Waals surface area contributed by atoms with Gasteiger partial charge in [0.15, 0.2) is 4.80 Å². The highest BCUT2D eigenvalue weighted by atomic mass is 32.1. The van der Waals surface area contributed by atoms with Gasteiger partial charge in [-0.3, -0.25) is 4.79 Å². The second kappa shape index (κ2) is 9.79. The number of alkyl halides is 3. The lowest BCUT2D eigenvalue weighted by atomic mass is 9.95. The number of aromatic nitrogens is 1. The van der Waals surface area contributed by atoms with Crippen molar-refractivity contribution in [2.75, 3.05) is 6.61 Å². The largest absolute Gasteiger partial charge is 0.490 e. The van der Waals surface area contributed by atoms with E-state index in [0.717, 1.165) is 35.9 Å². The Hall–Kier alpha value is -2.13. The topological polar surface area (TPSA) is 63.8 Å². The minimum atomic E-state index is -4.62. The van der Waals surface area contributed by atoms with Crippen LogP contribution < -0.4 is 9.54 Å². The zero-order chi connectivity index (χ0) is 24.3. The highest BCUT2D eigenvalue weighted by molar-refractivity contribution is 7.09. The molecule has 1 amide bonds. The van der Waals surface area contributed by atoms with Crippen molar-refractivity contribution < 1.29 is 27.8 Å². The molecule has 2 aromatic rings. The average molecular weight is 473 g/mol. The van der Waals surface area contributed by atoms with Crippen LogP contribution in [-0.2, 0) is 18.1 Å². The van der Waals surface area contributed by atoms with Gasteiger partial charge in [-0.1, -0.05) is 34.1 Å². The van der Waals surface area contributed by atoms with Gasteiger partial charge in [0, 0.05) is 17.6 Å². The Bertz CT molecular complexity index is 1010. The standard InChI is InChI=1S/C23H31F3N2O3S/c1-7-8-11-28-13-18(21(2,3)4)32-20(28)27-19(29)16-12-15(23(24,25)26)9-10-17(16)31-14-22(5,6)30/h9-10,12-13,30H,7-8,11,14H2,1-6H3/b27-20-. The first-order valence-corrected chi connectivity index (χ1v) is 11.3. The molecule has 2 rings (SSSR count). The van der Waals surface area contributed by atoms with Crippen LogP contribution in [0.3, 0.4) is 0 Å². The van der Waals surface area contributed by atoms with Gasteiger partial charge in [0.2, 0.25) is 0 Å². The number of rotatable bonds is 7. The number of aryl methyl sites for hydroxylation is 1. The van der Waals surface area contributed by atoms with Crippen LogP contribution in [0.15, 0.2) is 29.4 Å². The number of halogens is 3. The van der Waals surface area contributed by atoms with Gasteiger partial charge in [0.05, 0.1) is 16.7 Å². The Morgan fingerprint density at radius 3 is 2.38 bits per heavy atom. The number of carbonyl (C=O) groups is 1. The monoisotopic (exact) mass is 472 g/mol. The van der Waals surface area contributed by atoms with Crippen molar-refractivity contribution in [2.24, 2.45) is 4.99 Å². The van der Waals surface area contributed by atoms with Gasteiger partial charge in [-0.05, 0) is 43.9 Å². The molecule has 0 radical (unpaired) electrons. The molecule has 0 fully saturated rings. The number of aliphatic hydroxyl groups is 1. The highest BCUT2D eigenvalue weighted by Crippen LogP contribution is 2.33. The molecule has 32 heavy (non-hydrogen) atoms. The lowest BCUT2D eigenvalue weighted by Gasteiger charge is -2.19. The van der Waals surface area contributed by atoms with Crippen LogP contribution in [0.1, 0.15) is 75.2 Å². The summed E-state index contributed by atoms with van der Waals surface area (Å²) in [7, 11) is 0. The Balaban J connectivity index is 2.57. The Morgan fingerprint density at radius 2 is 1.84 bits per heavy atom. The van der Waals surface area contributed by atoms with Crippen molar-refractivity contribution in [1.82, 2.24) is 4.57 Å². The van der Waals surface area contributed by atoms with Crippen LogP contribution in [0.5, 0.6) is 5.75 Å². The third kappa shape index (κ3) is 7.20. The Morgan fingerprint density at radius 1 is 1.19 bits per heavy atom. The van der Waals surface area contributed by atoms with Crippen molar-refractivity contribution in [3.8, 4) is 5.75 Å². The molecule has 0 aliphatic rings. The summed E-state index contributed by atoms with van der Waals surface area (Å²) in [6.45, 7) is 11.6. The normalized spacial score (nSPS) is 13.5. The number of hydrogen-bond acceptors (Lipinski definition) is 4. The van der Waals surface area contributed by atoms with E-state index < -0.39 is 23.2 Å². The number of unbranched alkanes of at least 4 members (excludes halogenated alkanes) is 1. The predicted molar refractivity (Wildman–Crippen MR) is 119 cm³/mol. The Kier molecular flexibility index (Phi) is 7.99. The summed E-state index contributed by atoms with van der Waals surface area (Å²) in [4.78, 5) is 18.7. The fourth-order valence-electron chi connectivity index (χ4n) is 2.70. The van der Waals surface area contributed by atoms with E-state index in [1.165, 1.54) is 25.2 Å². The number of benzene rings is 1. The van der Waals surface area contributed by atoms with Gasteiger partial charge in [-0.25, -0.2) is 0 Å². The molecule has 1 aromatic carbocycles. The number of nitrogens with zero attached hydrogens (tertiary/aromatic N) is 2. The second-order valence-electron chi connectivity index (χ2n) is 9.40. The first kappa shape index (κ1) is 26.1. The van der Waals surface area contributed by atoms with Gasteiger partial charge >= 0.3 is 6.18 Å². The average Bonchev–Trinajstić information content (AvgIpc) is 3.06. The van der Waals surface area contributed by atoms with Gasteiger partial charge in [0.25, 0.3) is 5.91 Å². The fraction of sp³-hybridized carbons (Fsp3) is 0.565. The molecule has 1 N–H and O–H groups in total. The summed E-state index contributed by atoms with van der Waals surface area (Å²) in [6.07, 6.45) is -0.841. The minimum absolute atomic E-state index is 0.0541. The van der Waals surface area contributed by atoms with Gasteiger partial charge in [-0.2, -0.15) is 18.2 Å². The first-order chi connectivity index (χ1) is 14.6. The first-order valence-electron chi connectivity index (χ1n) is 10.5. The number of amides is 1. The summed E-state index contributed by atoms with van der Waals surface area (Å²) in [5.74, 6) is -0.879. The van der Waals surface area contributed by atoms with Crippen LogP contribution in [0.25, 0.3) is 0 Å². The lowest BCUT2D eigenvalue weighted by Crippen LogP contribution is -2.28. The maximum atomic E-state index is 13.3. The number of hydrogen-bond donors (Lipinski definition) is 1. The van der Waals surface area contributed by atoms with Crippen LogP contribution >= 0.6 is 11.3 Å². The molecule has 0 spiro atoms. The van der Waals surface area contributed by atoms with E-state index in [1.54, 1.807) is 0 Å². The van der Waals surface area contributed by atoms with Crippen molar-refractivity contribution in [2.45, 2.75) is 78.1 Å². The SMILES string of the molecule is CCCCn1cc(C(C)(C)C)s/c1=N\C(=O)c1cc(C(F)(F)F)ccc1OCC(C)(C)O. The molecule has 0 aliphatic heterocycles. The van der Waals surface area contributed by atoms with Crippen LogP contribution in [0.2, 0.25) is 0 Å². The van der Waals surface area contributed by atoms with Gasteiger partial charge in [0.1, 0.15) is 12.4 Å². The van der Waals surface area contributed by atoms with E-state index in [0.29, 0.717) is 11.3 Å². The third-order valence-corrected chi connectivity index (χ3v) is 5.97. The fourth-order valence-corrected chi connectivity index (χ4v) is 3.78. The van der Waals surface area contributed by atoms with Crippen LogP contribution in [0.4, 0.5) is 13.2 Å². The van der Waals surface area contributed by atoms with Gasteiger partial charge < -0.3 is 14.4 Å². The van der Waals surface area contributed by atoms with Crippen molar-refractivity contribution >= 4 is 17.2 Å². The molecule has 0 bridgehead atoms. The minimum Gasteiger partial charge on any atom is -0.490 e. The zero-order valence-corrected chi connectivity index (χ0v) is 20.2. The summed E-state index contributed by atoms with van der Waals surface area (Å²) >= 11 is 1.35. The smallest absolute Gasteiger partial charge is 0.416 e. The molecule has 0 atom stereocenters. The summed E-state index contributed by atoms with van der Waals surface area (Å²) < 4.78 is 47.2. The van der Waals surface area contributed by atoms with E-state index >= 15 is 0 Å². The predicted octanol–water partition coefficient (Wildman–Crippen LogP) is 5.56. The number of carbonyl (C=O) groups excluding carboxylic acids is 1. The highest BCUT2D eigenvalue weighted by Gasteiger charge is 2.32. The van der Waals surface area contributed by atoms with Crippen LogP contribution in [0, 0.1) is 0 Å². The summed E-state index contributed by atoms with van der Waals surface area (Å²) in [5.41, 5.74) is -2.64. The van der Waals surface area contributed by atoms with E-state index in [2.05, 4.69) is 11.9 Å². The van der Waals surface area contributed by atoms with E-state index in [9.17, 15) is 23.1 Å². The molecule has 1 heterocycles. The molecule has 9 heteroatoms. The van der Waals surface area contributed by atoms with E-state index in [1.807, 2.05) is 31.5 Å². The van der Waals surface area contributed by atoms with E-state index in [-0.39, 0.29) is 23.3 Å². The molecule has 178 valence electrons. The molecule has 5 nitrogen and oxygen atoms in total. The maximum absolute atomic E-state index is 13.3. The molecule has 0 saturated heterocycles. The van der Waals surface area contributed by atoms with Crippen molar-refractivity contribution in [3.05, 3.63) is 45.2 Å². The summed E-state index contributed by atoms with van der Waals surface area (Å²) in [6, 6.07) is 2.69. The van der Waals surface area contributed by atoms with Crippen LogP contribution in [-0.4, -0.2) is 27.8 Å². The molecule has 1 aromatic heterocycles. The molecule has 0 unspecified atom stereocenters. The Labute approximate surface area is 190 Å². The molecular formula is C23H31F3N2O3S. The van der Waals surface area contributed by atoms with Crippen molar-refractivity contribution in [3.63, 3.8) is 0 Å². The number of thiazole rings is 1. The quantitative estimate of drug-likeness (QED) is 0.574. The zero-order valence-electron chi connectivity index (χ0n) is 19.3.